The van der Waals surface area contributed by atoms with Gasteiger partial charge in [-0.2, -0.15) is 0 Å². The van der Waals surface area contributed by atoms with E-state index in [-0.39, 0.29) is 0 Å². The molecule has 0 spiro atoms. The van der Waals surface area contributed by atoms with Crippen molar-refractivity contribution >= 4 is 13.3 Å². The fourth-order valence-corrected chi connectivity index (χ4v) is 3.82. The molecule has 112 valence electrons. The molecule has 0 amide bonds. The van der Waals surface area contributed by atoms with Crippen molar-refractivity contribution in [2.75, 3.05) is 13.2 Å². The standard InChI is InChI=1S/C17H29NOSi/c1-20(2,3)17-9-7-15(8-10-17)14-18-12-11-16-6-4-5-13-19-16/h7-10,16,18H,4-6,11-14H2,1-3H3. The molecule has 1 unspecified atom stereocenters. The van der Waals surface area contributed by atoms with E-state index in [1.807, 2.05) is 0 Å². The molecule has 0 saturated carbocycles. The van der Waals surface area contributed by atoms with E-state index < -0.39 is 8.07 Å². The molecule has 2 nitrogen and oxygen atoms in total. The van der Waals surface area contributed by atoms with Crippen LogP contribution in [0, 0.1) is 0 Å². The first-order chi connectivity index (χ1) is 9.55. The number of nitrogens with one attached hydrogen (secondary N) is 1. The molecule has 1 aromatic carbocycles. The van der Waals surface area contributed by atoms with E-state index in [0.717, 1.165) is 26.1 Å². The van der Waals surface area contributed by atoms with Crippen molar-refractivity contribution in [3.05, 3.63) is 29.8 Å². The van der Waals surface area contributed by atoms with Gasteiger partial charge in [0, 0.05) is 13.2 Å². The van der Waals surface area contributed by atoms with E-state index in [1.165, 1.54) is 30.0 Å². The molecular formula is C17H29NOSi. The van der Waals surface area contributed by atoms with Crippen molar-refractivity contribution in [2.45, 2.75) is 58.0 Å². The summed E-state index contributed by atoms with van der Waals surface area (Å²) in [7, 11) is -1.15. The zero-order valence-corrected chi connectivity index (χ0v) is 14.2. The molecule has 1 aliphatic heterocycles. The molecule has 1 aromatic rings. The summed E-state index contributed by atoms with van der Waals surface area (Å²) in [5.41, 5.74) is 1.39. The van der Waals surface area contributed by atoms with Crippen LogP contribution in [0.2, 0.25) is 19.6 Å². The fourth-order valence-electron chi connectivity index (χ4n) is 2.65. The van der Waals surface area contributed by atoms with Crippen LogP contribution in [0.5, 0.6) is 0 Å². The Kier molecular flexibility index (Phi) is 5.82. The smallest absolute Gasteiger partial charge is 0.0775 e. The van der Waals surface area contributed by atoms with Crippen LogP contribution in [0.1, 0.15) is 31.2 Å². The molecule has 0 radical (unpaired) electrons. The highest BCUT2D eigenvalue weighted by atomic mass is 28.3. The minimum Gasteiger partial charge on any atom is -0.378 e. The molecule has 1 aliphatic rings. The van der Waals surface area contributed by atoms with Gasteiger partial charge in [-0.1, -0.05) is 49.1 Å². The maximum Gasteiger partial charge on any atom is 0.0775 e. The van der Waals surface area contributed by atoms with Crippen LogP contribution in [-0.4, -0.2) is 27.3 Å². The Bertz CT molecular complexity index is 390. The van der Waals surface area contributed by atoms with Crippen LogP contribution in [0.3, 0.4) is 0 Å². The lowest BCUT2D eigenvalue weighted by Gasteiger charge is -2.22. The molecule has 20 heavy (non-hydrogen) atoms. The Morgan fingerprint density at radius 3 is 2.50 bits per heavy atom. The number of ether oxygens (including phenoxy) is 1. The predicted molar refractivity (Wildman–Crippen MR) is 89.3 cm³/mol. The van der Waals surface area contributed by atoms with Gasteiger partial charge in [-0.15, -0.1) is 0 Å². The lowest BCUT2D eigenvalue weighted by atomic mass is 10.1. The summed E-state index contributed by atoms with van der Waals surface area (Å²) < 4.78 is 5.75. The quantitative estimate of drug-likeness (QED) is 0.641. The van der Waals surface area contributed by atoms with Crippen LogP contribution in [0.25, 0.3) is 0 Å². The summed E-state index contributed by atoms with van der Waals surface area (Å²) in [6.07, 6.45) is 5.46. The Morgan fingerprint density at radius 1 is 1.15 bits per heavy atom. The van der Waals surface area contributed by atoms with Crippen molar-refractivity contribution in [1.29, 1.82) is 0 Å². The zero-order valence-electron chi connectivity index (χ0n) is 13.2. The third-order valence-corrected chi connectivity index (χ3v) is 6.13. The van der Waals surface area contributed by atoms with Gasteiger partial charge < -0.3 is 10.1 Å². The summed E-state index contributed by atoms with van der Waals surface area (Å²) >= 11 is 0. The molecular weight excluding hydrogens is 262 g/mol. The van der Waals surface area contributed by atoms with Crippen LogP contribution >= 0.6 is 0 Å². The Labute approximate surface area is 124 Å². The largest absolute Gasteiger partial charge is 0.378 e. The van der Waals surface area contributed by atoms with Crippen molar-refractivity contribution in [3.63, 3.8) is 0 Å². The Hall–Kier alpha value is -0.643. The van der Waals surface area contributed by atoms with Crippen molar-refractivity contribution in [3.8, 4) is 0 Å². The van der Waals surface area contributed by atoms with Gasteiger partial charge in [0.1, 0.15) is 0 Å². The van der Waals surface area contributed by atoms with Gasteiger partial charge in [-0.25, -0.2) is 0 Å². The lowest BCUT2D eigenvalue weighted by molar-refractivity contribution is 0.0115. The molecule has 2 rings (SSSR count). The van der Waals surface area contributed by atoms with Gasteiger partial charge in [-0.05, 0) is 37.8 Å². The third kappa shape index (κ3) is 5.04. The Balaban J connectivity index is 1.68. The minimum absolute atomic E-state index is 0.491. The first kappa shape index (κ1) is 15.7. The Morgan fingerprint density at radius 2 is 1.90 bits per heavy atom. The second-order valence-corrected chi connectivity index (χ2v) is 12.0. The summed E-state index contributed by atoms with van der Waals surface area (Å²) in [5, 5.41) is 5.08. The molecule has 0 aliphatic carbocycles. The predicted octanol–water partition coefficient (Wildman–Crippen LogP) is 3.28. The first-order valence-corrected chi connectivity index (χ1v) is 11.5. The van der Waals surface area contributed by atoms with Crippen LogP contribution in [0.15, 0.2) is 24.3 Å². The fraction of sp³-hybridized carbons (Fsp3) is 0.647. The molecule has 1 saturated heterocycles. The molecule has 0 aromatic heterocycles. The van der Waals surface area contributed by atoms with E-state index in [2.05, 4.69) is 49.2 Å². The highest BCUT2D eigenvalue weighted by Gasteiger charge is 2.15. The van der Waals surface area contributed by atoms with Crippen molar-refractivity contribution < 1.29 is 4.74 Å². The minimum atomic E-state index is -1.15. The third-order valence-electron chi connectivity index (χ3n) is 4.07. The van der Waals surface area contributed by atoms with Gasteiger partial charge >= 0.3 is 0 Å². The average Bonchev–Trinajstić information content (AvgIpc) is 2.44. The summed E-state index contributed by atoms with van der Waals surface area (Å²) in [6.45, 7) is 10.2. The van der Waals surface area contributed by atoms with E-state index in [9.17, 15) is 0 Å². The monoisotopic (exact) mass is 291 g/mol. The lowest BCUT2D eigenvalue weighted by Crippen LogP contribution is -2.37. The summed E-state index contributed by atoms with van der Waals surface area (Å²) in [6, 6.07) is 9.18. The second kappa shape index (κ2) is 7.39. The van der Waals surface area contributed by atoms with Gasteiger partial charge in [0.2, 0.25) is 0 Å². The van der Waals surface area contributed by atoms with Crippen molar-refractivity contribution in [1.82, 2.24) is 5.32 Å². The van der Waals surface area contributed by atoms with Crippen LogP contribution in [-0.2, 0) is 11.3 Å². The number of hydrogen-bond donors (Lipinski definition) is 1. The maximum absolute atomic E-state index is 5.75. The highest BCUT2D eigenvalue weighted by molar-refractivity contribution is 6.88. The maximum atomic E-state index is 5.75. The molecule has 0 bridgehead atoms. The molecule has 1 N–H and O–H groups in total. The van der Waals surface area contributed by atoms with Crippen LogP contribution < -0.4 is 10.5 Å². The molecule has 1 fully saturated rings. The van der Waals surface area contributed by atoms with Gasteiger partial charge in [0.25, 0.3) is 0 Å². The summed E-state index contributed by atoms with van der Waals surface area (Å²) in [4.78, 5) is 0. The SMILES string of the molecule is C[Si](C)(C)c1ccc(CNCCC2CCCCO2)cc1. The number of benzene rings is 1. The molecule has 3 heteroatoms. The normalized spacial score (nSPS) is 20.1. The van der Waals surface area contributed by atoms with Crippen molar-refractivity contribution in [2.24, 2.45) is 0 Å². The molecule has 1 heterocycles. The van der Waals surface area contributed by atoms with Gasteiger partial charge in [-0.3, -0.25) is 0 Å². The highest BCUT2D eigenvalue weighted by Crippen LogP contribution is 2.14. The summed E-state index contributed by atoms with van der Waals surface area (Å²) in [5.74, 6) is 0. The molecule has 1 atom stereocenters. The average molecular weight is 292 g/mol. The van der Waals surface area contributed by atoms with E-state index in [1.54, 1.807) is 0 Å². The van der Waals surface area contributed by atoms with E-state index >= 15 is 0 Å². The number of hydrogen-bond acceptors (Lipinski definition) is 2. The zero-order chi connectivity index (χ0) is 14.4. The number of rotatable bonds is 6. The topological polar surface area (TPSA) is 21.3 Å². The van der Waals surface area contributed by atoms with Gasteiger partial charge in [0.05, 0.1) is 14.2 Å². The second-order valence-electron chi connectivity index (χ2n) is 6.90. The van der Waals surface area contributed by atoms with Gasteiger partial charge in [0.15, 0.2) is 0 Å². The van der Waals surface area contributed by atoms with Crippen LogP contribution in [0.4, 0.5) is 0 Å². The van der Waals surface area contributed by atoms with E-state index in [4.69, 9.17) is 4.74 Å². The first-order valence-electron chi connectivity index (χ1n) is 7.97. The van der Waals surface area contributed by atoms with E-state index in [0.29, 0.717) is 6.10 Å².